The second-order valence-electron chi connectivity index (χ2n) is 6.81. The third-order valence-electron chi connectivity index (χ3n) is 4.35. The van der Waals surface area contributed by atoms with Gasteiger partial charge in [-0.3, -0.25) is 4.79 Å². The number of halogens is 1. The second-order valence-corrected chi connectivity index (χ2v) is 9.17. The number of hydrogen-bond acceptors (Lipinski definition) is 4. The average Bonchev–Trinajstić information content (AvgIpc) is 2.62. The summed E-state index contributed by atoms with van der Waals surface area (Å²) in [5.74, 6) is -0.137. The molecule has 6 nitrogen and oxygen atoms in total. The number of benzene rings is 1. The van der Waals surface area contributed by atoms with Crippen molar-refractivity contribution < 1.29 is 13.2 Å². The Kier molecular flexibility index (Phi) is 6.71. The second kappa shape index (κ2) is 8.38. The van der Waals surface area contributed by atoms with Crippen molar-refractivity contribution in [2.75, 3.05) is 49.3 Å². The van der Waals surface area contributed by atoms with Crippen molar-refractivity contribution in [1.82, 2.24) is 9.62 Å². The van der Waals surface area contributed by atoms with E-state index in [1.807, 2.05) is 30.3 Å². The van der Waals surface area contributed by atoms with Gasteiger partial charge in [0, 0.05) is 44.3 Å². The Morgan fingerprint density at radius 1 is 1.16 bits per heavy atom. The monoisotopic (exact) mass is 387 g/mol. The number of amides is 1. The lowest BCUT2D eigenvalue weighted by molar-refractivity contribution is -0.128. The number of rotatable bonds is 7. The largest absolute Gasteiger partial charge is 0.369 e. The summed E-state index contributed by atoms with van der Waals surface area (Å²) in [5.41, 5.74) is 0.405. The van der Waals surface area contributed by atoms with Crippen molar-refractivity contribution in [3.05, 3.63) is 30.3 Å². The molecule has 1 amide bonds. The van der Waals surface area contributed by atoms with Crippen molar-refractivity contribution in [1.29, 1.82) is 0 Å². The van der Waals surface area contributed by atoms with Gasteiger partial charge in [0.1, 0.15) is 0 Å². The molecule has 0 bridgehead atoms. The zero-order valence-electron chi connectivity index (χ0n) is 14.7. The zero-order valence-corrected chi connectivity index (χ0v) is 16.3. The fraction of sp³-hybridized carbons (Fsp3) is 0.588. The van der Waals surface area contributed by atoms with E-state index < -0.39 is 15.4 Å². The third kappa shape index (κ3) is 5.33. The average molecular weight is 388 g/mol. The molecule has 0 aromatic heterocycles. The molecule has 0 spiro atoms. The summed E-state index contributed by atoms with van der Waals surface area (Å²) in [7, 11) is -3.38. The molecule has 0 atom stereocenters. The van der Waals surface area contributed by atoms with Gasteiger partial charge < -0.3 is 10.2 Å². The van der Waals surface area contributed by atoms with E-state index in [4.69, 9.17) is 11.6 Å². The molecule has 140 valence electrons. The Hall–Kier alpha value is -1.31. The number of alkyl halides is 1. The van der Waals surface area contributed by atoms with Crippen molar-refractivity contribution in [3.63, 3.8) is 0 Å². The molecule has 1 saturated heterocycles. The highest BCUT2D eigenvalue weighted by Gasteiger charge is 2.29. The zero-order chi connectivity index (χ0) is 18.5. The maximum Gasteiger partial charge on any atom is 0.226 e. The quantitative estimate of drug-likeness (QED) is 0.720. The number of piperazine rings is 1. The van der Waals surface area contributed by atoms with Crippen LogP contribution in [0.2, 0.25) is 0 Å². The number of para-hydroxylation sites is 1. The normalized spacial score (nSPS) is 16.7. The number of nitrogens with one attached hydrogen (secondary N) is 1. The van der Waals surface area contributed by atoms with Crippen LogP contribution in [0.1, 0.15) is 13.8 Å². The van der Waals surface area contributed by atoms with Crippen molar-refractivity contribution in [2.45, 2.75) is 13.8 Å². The van der Waals surface area contributed by atoms with Crippen molar-refractivity contribution in [3.8, 4) is 0 Å². The highest BCUT2D eigenvalue weighted by atomic mass is 35.5. The van der Waals surface area contributed by atoms with E-state index in [0.29, 0.717) is 26.2 Å². The van der Waals surface area contributed by atoms with Crippen LogP contribution in [0.4, 0.5) is 5.69 Å². The molecule has 2 rings (SSSR count). The minimum absolute atomic E-state index is 0.0948. The van der Waals surface area contributed by atoms with Crippen LogP contribution in [0, 0.1) is 5.41 Å². The summed E-state index contributed by atoms with van der Waals surface area (Å²) in [6, 6.07) is 9.97. The number of carbonyl (C=O) groups is 1. The third-order valence-corrected chi connectivity index (χ3v) is 6.89. The van der Waals surface area contributed by atoms with Crippen LogP contribution in [-0.4, -0.2) is 63.0 Å². The Bertz CT molecular complexity index is 672. The maximum atomic E-state index is 12.5. The van der Waals surface area contributed by atoms with Crippen LogP contribution >= 0.6 is 11.6 Å². The van der Waals surface area contributed by atoms with E-state index in [1.54, 1.807) is 13.8 Å². The Morgan fingerprint density at radius 2 is 1.76 bits per heavy atom. The minimum atomic E-state index is -3.38. The highest BCUT2D eigenvalue weighted by Crippen LogP contribution is 2.18. The van der Waals surface area contributed by atoms with Crippen LogP contribution in [-0.2, 0) is 14.8 Å². The molecule has 0 unspecified atom stereocenters. The Labute approximate surface area is 155 Å². The summed E-state index contributed by atoms with van der Waals surface area (Å²) >= 11 is 5.75. The molecule has 1 aromatic rings. The molecule has 1 aliphatic rings. The van der Waals surface area contributed by atoms with Crippen LogP contribution in [0.15, 0.2) is 30.3 Å². The van der Waals surface area contributed by atoms with Gasteiger partial charge in [0.05, 0.1) is 11.2 Å². The summed E-state index contributed by atoms with van der Waals surface area (Å²) < 4.78 is 26.4. The van der Waals surface area contributed by atoms with Gasteiger partial charge in [0.15, 0.2) is 0 Å². The van der Waals surface area contributed by atoms with Crippen LogP contribution in [0.5, 0.6) is 0 Å². The first-order valence-electron chi connectivity index (χ1n) is 8.38. The topological polar surface area (TPSA) is 69.7 Å². The minimum Gasteiger partial charge on any atom is -0.369 e. The maximum absolute atomic E-state index is 12.5. The first-order valence-corrected chi connectivity index (χ1v) is 10.5. The Morgan fingerprint density at radius 3 is 2.32 bits per heavy atom. The molecular formula is C17H26ClN3O3S. The fourth-order valence-corrected chi connectivity index (χ4v) is 4.05. The van der Waals surface area contributed by atoms with Crippen LogP contribution in [0.3, 0.4) is 0 Å². The van der Waals surface area contributed by atoms with Gasteiger partial charge in [-0.2, -0.15) is 4.31 Å². The van der Waals surface area contributed by atoms with E-state index in [-0.39, 0.29) is 24.1 Å². The van der Waals surface area contributed by atoms with E-state index in [0.717, 1.165) is 5.69 Å². The summed E-state index contributed by atoms with van der Waals surface area (Å²) in [5, 5.41) is 2.66. The molecule has 8 heteroatoms. The van der Waals surface area contributed by atoms with Gasteiger partial charge >= 0.3 is 0 Å². The van der Waals surface area contributed by atoms with Crippen LogP contribution < -0.4 is 10.2 Å². The summed E-state index contributed by atoms with van der Waals surface area (Å²) in [4.78, 5) is 14.1. The summed E-state index contributed by atoms with van der Waals surface area (Å²) in [6.45, 7) is 5.79. The highest BCUT2D eigenvalue weighted by molar-refractivity contribution is 7.89. The number of hydrogen-bond donors (Lipinski definition) is 1. The Balaban J connectivity index is 1.82. The smallest absolute Gasteiger partial charge is 0.226 e. The SMILES string of the molecule is CC(C)(CCl)C(=O)NCCS(=O)(=O)N1CCN(c2ccccc2)CC1. The predicted molar refractivity (Wildman–Crippen MR) is 102 cm³/mol. The molecule has 1 aromatic carbocycles. The standard InChI is InChI=1S/C17H26ClN3O3S/c1-17(2,14-18)16(22)19-8-13-25(23,24)21-11-9-20(10-12-21)15-6-4-3-5-7-15/h3-7H,8-14H2,1-2H3,(H,19,22). The molecule has 1 fully saturated rings. The number of sulfonamides is 1. The van der Waals surface area contributed by atoms with Gasteiger partial charge in [0.25, 0.3) is 0 Å². The molecule has 0 aliphatic carbocycles. The lowest BCUT2D eigenvalue weighted by Gasteiger charge is -2.35. The molecule has 1 heterocycles. The molecule has 1 aliphatic heterocycles. The van der Waals surface area contributed by atoms with E-state index >= 15 is 0 Å². The van der Waals surface area contributed by atoms with E-state index in [2.05, 4.69) is 10.2 Å². The fourth-order valence-electron chi connectivity index (χ4n) is 2.59. The van der Waals surface area contributed by atoms with Gasteiger partial charge in [-0.25, -0.2) is 8.42 Å². The predicted octanol–water partition coefficient (Wildman–Crippen LogP) is 1.52. The number of carbonyl (C=O) groups excluding carboxylic acids is 1. The molecule has 1 N–H and O–H groups in total. The molecule has 25 heavy (non-hydrogen) atoms. The van der Waals surface area contributed by atoms with Gasteiger partial charge in [0.2, 0.25) is 15.9 Å². The lowest BCUT2D eigenvalue weighted by Crippen LogP contribution is -2.50. The van der Waals surface area contributed by atoms with Gasteiger partial charge in [-0.05, 0) is 26.0 Å². The molecule has 0 radical (unpaired) electrons. The first kappa shape index (κ1) is 20.0. The lowest BCUT2D eigenvalue weighted by atomic mass is 9.95. The van der Waals surface area contributed by atoms with E-state index in [1.165, 1.54) is 4.31 Å². The van der Waals surface area contributed by atoms with E-state index in [9.17, 15) is 13.2 Å². The molecule has 0 saturated carbocycles. The number of anilines is 1. The van der Waals surface area contributed by atoms with Crippen molar-refractivity contribution in [2.24, 2.45) is 5.41 Å². The number of nitrogens with zero attached hydrogens (tertiary/aromatic N) is 2. The first-order chi connectivity index (χ1) is 11.8. The van der Waals surface area contributed by atoms with Crippen LogP contribution in [0.25, 0.3) is 0 Å². The van der Waals surface area contributed by atoms with Crippen molar-refractivity contribution >= 4 is 33.2 Å². The molecular weight excluding hydrogens is 362 g/mol. The van der Waals surface area contributed by atoms with Gasteiger partial charge in [-0.15, -0.1) is 11.6 Å². The van der Waals surface area contributed by atoms with Gasteiger partial charge in [-0.1, -0.05) is 18.2 Å². The summed E-state index contributed by atoms with van der Waals surface area (Å²) in [6.07, 6.45) is 0.